The molecule has 2 fully saturated rings. The molecule has 32 heavy (non-hydrogen) atoms. The quantitative estimate of drug-likeness (QED) is 0.684. The minimum absolute atomic E-state index is 0.0100. The Kier molecular flexibility index (Phi) is 9.05. The van der Waals surface area contributed by atoms with E-state index < -0.39 is 12.1 Å². The molecule has 3 heterocycles. The molecule has 9 nitrogen and oxygen atoms in total. The van der Waals surface area contributed by atoms with E-state index in [0.29, 0.717) is 18.3 Å². The molecule has 182 valence electrons. The molecule has 1 aromatic rings. The summed E-state index contributed by atoms with van der Waals surface area (Å²) < 4.78 is 44.9. The zero-order valence-electron chi connectivity index (χ0n) is 18.6. The lowest BCUT2D eigenvalue weighted by molar-refractivity contribution is -0.192. The Morgan fingerprint density at radius 2 is 2.12 bits per heavy atom. The zero-order chi connectivity index (χ0) is 23.9. The second-order valence-electron chi connectivity index (χ2n) is 8.31. The largest absolute Gasteiger partial charge is 0.490 e. The number of ether oxygens (including phenoxy) is 2. The van der Waals surface area contributed by atoms with E-state index in [4.69, 9.17) is 19.4 Å². The van der Waals surface area contributed by atoms with E-state index in [0.717, 1.165) is 52.1 Å². The van der Waals surface area contributed by atoms with Gasteiger partial charge in [-0.1, -0.05) is 0 Å². The number of carboxylic acids is 1. The minimum atomic E-state index is -5.08. The summed E-state index contributed by atoms with van der Waals surface area (Å²) in [4.78, 5) is 30.1. The minimum Gasteiger partial charge on any atom is -0.475 e. The van der Waals surface area contributed by atoms with Gasteiger partial charge < -0.3 is 28.9 Å². The van der Waals surface area contributed by atoms with Crippen molar-refractivity contribution in [2.75, 3.05) is 53.6 Å². The molecule has 2 saturated heterocycles. The molecule has 1 amide bonds. The third-order valence-corrected chi connectivity index (χ3v) is 5.61. The fraction of sp³-hybridized carbons (Fsp3) is 0.750. The maximum atomic E-state index is 12.8. The van der Waals surface area contributed by atoms with E-state index in [2.05, 4.69) is 16.9 Å². The van der Waals surface area contributed by atoms with Crippen LogP contribution in [0.5, 0.6) is 0 Å². The second-order valence-corrected chi connectivity index (χ2v) is 8.31. The maximum absolute atomic E-state index is 12.8. The van der Waals surface area contributed by atoms with Crippen molar-refractivity contribution < 1.29 is 37.3 Å². The third kappa shape index (κ3) is 7.17. The summed E-state index contributed by atoms with van der Waals surface area (Å²) in [6, 6.07) is 0. The van der Waals surface area contributed by atoms with Gasteiger partial charge >= 0.3 is 12.1 Å². The van der Waals surface area contributed by atoms with Crippen LogP contribution in [0.4, 0.5) is 13.2 Å². The summed E-state index contributed by atoms with van der Waals surface area (Å²) in [6.07, 6.45) is 1.45. The summed E-state index contributed by atoms with van der Waals surface area (Å²) in [5.74, 6) is -1.72. The fourth-order valence-electron chi connectivity index (χ4n) is 4.10. The van der Waals surface area contributed by atoms with Crippen molar-refractivity contribution in [3.63, 3.8) is 0 Å². The lowest BCUT2D eigenvalue weighted by atomic mass is 9.86. The van der Waals surface area contributed by atoms with E-state index in [1.54, 1.807) is 17.9 Å². The SMILES string of the molecule is COCCN(C)CC1COC2(CCCN(C(=O)c3nccn3C)C2)C1.O=C(O)C(F)(F)F. The lowest BCUT2D eigenvalue weighted by Crippen LogP contribution is -2.50. The van der Waals surface area contributed by atoms with Crippen LogP contribution in [0.1, 0.15) is 29.9 Å². The summed E-state index contributed by atoms with van der Waals surface area (Å²) >= 11 is 0. The predicted octanol–water partition coefficient (Wildman–Crippen LogP) is 1.64. The van der Waals surface area contributed by atoms with Crippen LogP contribution >= 0.6 is 0 Å². The average Bonchev–Trinajstić information content (AvgIpc) is 3.31. The molecule has 2 atom stereocenters. The molecule has 0 bridgehead atoms. The Labute approximate surface area is 185 Å². The number of aromatic nitrogens is 2. The number of aryl methyl sites for hydroxylation is 1. The standard InChI is InChI=1S/C18H30N4O3.C2HF3O2/c1-20(9-10-24-3)12-15-11-18(25-13-15)5-4-7-22(14-18)17(23)16-19-6-8-21(16)2;3-2(4,5)1(6)7/h6,8,15H,4-5,7,9-14H2,1-3H3;(H,6,7). The van der Waals surface area contributed by atoms with Gasteiger partial charge in [-0.2, -0.15) is 13.2 Å². The van der Waals surface area contributed by atoms with E-state index >= 15 is 0 Å². The van der Waals surface area contributed by atoms with Crippen LogP contribution in [0.3, 0.4) is 0 Å². The van der Waals surface area contributed by atoms with Crippen LogP contribution in [0.25, 0.3) is 0 Å². The van der Waals surface area contributed by atoms with Gasteiger partial charge in [0.1, 0.15) is 0 Å². The molecular weight excluding hydrogens is 433 g/mol. The zero-order valence-corrected chi connectivity index (χ0v) is 18.6. The van der Waals surface area contributed by atoms with Gasteiger partial charge in [0.25, 0.3) is 5.91 Å². The molecule has 0 saturated carbocycles. The van der Waals surface area contributed by atoms with E-state index in [9.17, 15) is 18.0 Å². The Hall–Kier alpha value is -2.18. The van der Waals surface area contributed by atoms with Gasteiger partial charge in [0.05, 0.1) is 25.4 Å². The van der Waals surface area contributed by atoms with Gasteiger partial charge in [0, 0.05) is 46.2 Å². The molecule has 2 unspecified atom stereocenters. The number of piperidine rings is 1. The predicted molar refractivity (Wildman–Crippen MR) is 108 cm³/mol. The number of nitrogens with zero attached hydrogens (tertiary/aromatic N) is 4. The Morgan fingerprint density at radius 1 is 1.44 bits per heavy atom. The topological polar surface area (TPSA) is 97.1 Å². The Morgan fingerprint density at radius 3 is 2.69 bits per heavy atom. The number of methoxy groups -OCH3 is 1. The van der Waals surface area contributed by atoms with Crippen molar-refractivity contribution in [1.29, 1.82) is 0 Å². The van der Waals surface area contributed by atoms with Gasteiger partial charge in [-0.3, -0.25) is 4.79 Å². The second kappa shape index (κ2) is 11.1. The molecule has 2 aliphatic rings. The summed E-state index contributed by atoms with van der Waals surface area (Å²) in [6.45, 7) is 4.94. The first-order valence-corrected chi connectivity index (χ1v) is 10.4. The lowest BCUT2D eigenvalue weighted by Gasteiger charge is -2.39. The first kappa shape index (κ1) is 26.1. The van der Waals surface area contributed by atoms with Gasteiger partial charge in [0.15, 0.2) is 5.82 Å². The van der Waals surface area contributed by atoms with Crippen molar-refractivity contribution in [2.24, 2.45) is 13.0 Å². The number of hydrogen-bond donors (Lipinski definition) is 1. The van der Waals surface area contributed by atoms with Gasteiger partial charge in [-0.05, 0) is 32.2 Å². The maximum Gasteiger partial charge on any atom is 0.490 e. The average molecular weight is 464 g/mol. The van der Waals surface area contributed by atoms with Crippen LogP contribution in [0, 0.1) is 5.92 Å². The molecular formula is C20H31F3N4O5. The molecule has 0 radical (unpaired) electrons. The molecule has 1 spiro atoms. The molecule has 12 heteroatoms. The van der Waals surface area contributed by atoms with Gasteiger partial charge in [-0.25, -0.2) is 9.78 Å². The Balaban J connectivity index is 0.000000451. The molecule has 2 aliphatic heterocycles. The number of rotatable bonds is 6. The van der Waals surface area contributed by atoms with E-state index in [-0.39, 0.29) is 11.5 Å². The summed E-state index contributed by atoms with van der Waals surface area (Å²) in [5, 5.41) is 7.12. The van der Waals surface area contributed by atoms with Crippen LogP contribution in [-0.4, -0.2) is 102 Å². The number of halogens is 3. The number of likely N-dealkylation sites (N-methyl/N-ethyl adjacent to an activating group) is 1. The number of likely N-dealkylation sites (tertiary alicyclic amines) is 1. The highest BCUT2D eigenvalue weighted by atomic mass is 19.4. The number of hydrogen-bond acceptors (Lipinski definition) is 6. The van der Waals surface area contributed by atoms with E-state index in [1.807, 2.05) is 18.1 Å². The van der Waals surface area contributed by atoms with Gasteiger partial charge in [0.2, 0.25) is 0 Å². The van der Waals surface area contributed by atoms with Crippen LogP contribution in [-0.2, 0) is 21.3 Å². The monoisotopic (exact) mass is 464 g/mol. The molecule has 0 aromatic carbocycles. The molecule has 0 aliphatic carbocycles. The van der Waals surface area contributed by atoms with Crippen molar-refractivity contribution in [2.45, 2.75) is 31.0 Å². The highest BCUT2D eigenvalue weighted by Gasteiger charge is 2.45. The third-order valence-electron chi connectivity index (χ3n) is 5.61. The highest BCUT2D eigenvalue weighted by Crippen LogP contribution is 2.38. The van der Waals surface area contributed by atoms with E-state index in [1.165, 1.54) is 0 Å². The van der Waals surface area contributed by atoms with Crippen molar-refractivity contribution >= 4 is 11.9 Å². The smallest absolute Gasteiger partial charge is 0.475 e. The number of aliphatic carboxylic acids is 1. The van der Waals surface area contributed by atoms with Crippen LogP contribution < -0.4 is 0 Å². The number of alkyl halides is 3. The number of amides is 1. The van der Waals surface area contributed by atoms with Gasteiger partial charge in [-0.15, -0.1) is 0 Å². The summed E-state index contributed by atoms with van der Waals surface area (Å²) in [7, 11) is 5.72. The Bertz CT molecular complexity index is 773. The normalized spacial score (nSPS) is 23.3. The first-order chi connectivity index (χ1) is 15.0. The number of imidazole rings is 1. The van der Waals surface area contributed by atoms with Crippen molar-refractivity contribution in [3.8, 4) is 0 Å². The van der Waals surface area contributed by atoms with Crippen LogP contribution in [0.2, 0.25) is 0 Å². The number of carbonyl (C=O) groups excluding carboxylic acids is 1. The molecule has 3 rings (SSSR count). The molecule has 1 N–H and O–H groups in total. The first-order valence-electron chi connectivity index (χ1n) is 10.4. The number of carboxylic acid groups (broad SMARTS) is 1. The molecule has 1 aromatic heterocycles. The van der Waals surface area contributed by atoms with Crippen molar-refractivity contribution in [1.82, 2.24) is 19.4 Å². The fourth-order valence-corrected chi connectivity index (χ4v) is 4.10. The summed E-state index contributed by atoms with van der Waals surface area (Å²) in [5.41, 5.74) is -0.175. The number of carbonyl (C=O) groups is 2. The highest BCUT2D eigenvalue weighted by molar-refractivity contribution is 5.91. The van der Waals surface area contributed by atoms with Crippen LogP contribution in [0.15, 0.2) is 12.4 Å². The van der Waals surface area contributed by atoms with Crippen molar-refractivity contribution in [3.05, 3.63) is 18.2 Å².